The van der Waals surface area contributed by atoms with Gasteiger partial charge >= 0.3 is 0 Å². The second kappa shape index (κ2) is 16.5. The highest BCUT2D eigenvalue weighted by Crippen LogP contribution is 2.39. The predicted octanol–water partition coefficient (Wildman–Crippen LogP) is 7.97. The molecule has 2 saturated heterocycles. The molecule has 2 aliphatic heterocycles. The van der Waals surface area contributed by atoms with Gasteiger partial charge in [-0.15, -0.1) is 0 Å². The van der Waals surface area contributed by atoms with E-state index in [2.05, 4.69) is 0 Å². The Balaban J connectivity index is 1.18. The topological polar surface area (TPSA) is 130 Å². The Bertz CT molecular complexity index is 1470. The first kappa shape index (κ1) is 42.9. The minimum absolute atomic E-state index is 0.0284. The van der Waals surface area contributed by atoms with Crippen molar-refractivity contribution < 1.29 is 48.2 Å². The van der Waals surface area contributed by atoms with Crippen LogP contribution in [-0.4, -0.2) is 87.2 Å². The number of aryl methyl sites for hydroxylation is 2. The number of hydrogen-bond donors (Lipinski definition) is 2. The number of benzene rings is 2. The van der Waals surface area contributed by atoms with Crippen molar-refractivity contribution in [3.63, 3.8) is 0 Å². The maximum atomic E-state index is 13.0. The molecule has 53 heavy (non-hydrogen) atoms. The Hall–Kier alpha value is -2.86. The highest BCUT2D eigenvalue weighted by atomic mass is 16.7. The number of carbonyl (C=O) groups is 2. The third-order valence-corrected chi connectivity index (χ3v) is 10.2. The zero-order valence-corrected chi connectivity index (χ0v) is 34.2. The van der Waals surface area contributed by atoms with Crippen LogP contribution in [-0.2, 0) is 39.3 Å². The van der Waals surface area contributed by atoms with Gasteiger partial charge in [-0.3, -0.25) is 9.59 Å². The second-order valence-corrected chi connectivity index (χ2v) is 18.7. The van der Waals surface area contributed by atoms with Crippen LogP contribution in [0.3, 0.4) is 0 Å². The molecule has 2 N–H and O–H groups in total. The van der Waals surface area contributed by atoms with E-state index in [1.165, 1.54) is 0 Å². The van der Waals surface area contributed by atoms with Crippen LogP contribution >= 0.6 is 0 Å². The molecule has 10 heteroatoms. The number of rotatable bonds is 14. The lowest BCUT2D eigenvalue weighted by Crippen LogP contribution is -2.57. The Kier molecular flexibility index (Phi) is 13.3. The number of ketones is 2. The van der Waals surface area contributed by atoms with Gasteiger partial charge in [0.25, 0.3) is 0 Å². The molecule has 296 valence electrons. The monoisotopic (exact) mass is 740 g/mol. The molecule has 10 nitrogen and oxygen atoms in total. The van der Waals surface area contributed by atoms with Crippen LogP contribution in [0.15, 0.2) is 24.3 Å². The first-order chi connectivity index (χ1) is 24.5. The van der Waals surface area contributed by atoms with E-state index in [4.69, 9.17) is 28.4 Å². The second-order valence-electron chi connectivity index (χ2n) is 18.7. The number of carbonyl (C=O) groups excluding carboxylic acids is 2. The molecular weight excluding hydrogens is 676 g/mol. The van der Waals surface area contributed by atoms with Gasteiger partial charge < -0.3 is 38.6 Å². The average molecular weight is 741 g/mol. The molecule has 2 aromatic carbocycles. The Morgan fingerprint density at radius 2 is 0.943 bits per heavy atom. The molecule has 0 bridgehead atoms. The van der Waals surface area contributed by atoms with Crippen molar-refractivity contribution in [3.05, 3.63) is 57.6 Å². The number of phenolic OH excluding ortho intramolecular Hbond substituents is 2. The van der Waals surface area contributed by atoms with E-state index in [0.717, 1.165) is 11.1 Å². The number of ether oxygens (including phenoxy) is 6. The molecule has 2 aliphatic rings. The van der Waals surface area contributed by atoms with Crippen LogP contribution < -0.4 is 0 Å². The minimum atomic E-state index is -0.492. The first-order valence-electron chi connectivity index (χ1n) is 18.8. The van der Waals surface area contributed by atoms with Crippen LogP contribution in [0, 0.1) is 30.1 Å². The Labute approximate surface area is 316 Å². The highest BCUT2D eigenvalue weighted by Gasteiger charge is 2.48. The van der Waals surface area contributed by atoms with E-state index in [1.54, 1.807) is 24.3 Å². The summed E-state index contributed by atoms with van der Waals surface area (Å²) < 4.78 is 36.8. The van der Waals surface area contributed by atoms with Crippen molar-refractivity contribution in [2.24, 2.45) is 16.2 Å². The van der Waals surface area contributed by atoms with Crippen LogP contribution in [0.2, 0.25) is 0 Å². The van der Waals surface area contributed by atoms with Crippen LogP contribution in [0.5, 0.6) is 11.5 Å². The number of aromatic hydroxyl groups is 2. The molecule has 0 unspecified atom stereocenters. The van der Waals surface area contributed by atoms with Gasteiger partial charge in [0, 0.05) is 45.9 Å². The van der Waals surface area contributed by atoms with Crippen LogP contribution in [0.4, 0.5) is 0 Å². The largest absolute Gasteiger partial charge is 0.507 e. The summed E-state index contributed by atoms with van der Waals surface area (Å²) in [4.78, 5) is 26.0. The van der Waals surface area contributed by atoms with E-state index < -0.39 is 28.8 Å². The molecule has 0 radical (unpaired) electrons. The van der Waals surface area contributed by atoms with Gasteiger partial charge in [0.1, 0.15) is 11.5 Å². The smallest absolute Gasteiger partial charge is 0.165 e. The molecule has 0 amide bonds. The normalized spacial score (nSPS) is 21.6. The van der Waals surface area contributed by atoms with E-state index in [9.17, 15) is 19.8 Å². The summed E-state index contributed by atoms with van der Waals surface area (Å²) in [6, 6.07) is 7.05. The maximum Gasteiger partial charge on any atom is 0.165 e. The minimum Gasteiger partial charge on any atom is -0.507 e. The summed E-state index contributed by atoms with van der Waals surface area (Å²) in [6.45, 7) is 26.7. The van der Waals surface area contributed by atoms with Gasteiger partial charge in [0.2, 0.25) is 0 Å². The van der Waals surface area contributed by atoms with Crippen molar-refractivity contribution in [2.75, 3.05) is 52.9 Å². The molecule has 0 saturated carbocycles. The lowest BCUT2D eigenvalue weighted by Gasteiger charge is -2.48. The van der Waals surface area contributed by atoms with Crippen LogP contribution in [0.25, 0.3) is 0 Å². The molecule has 4 rings (SSSR count). The molecule has 0 aromatic heterocycles. The van der Waals surface area contributed by atoms with Gasteiger partial charge in [0.15, 0.2) is 24.1 Å². The van der Waals surface area contributed by atoms with E-state index in [1.807, 2.05) is 83.1 Å². The van der Waals surface area contributed by atoms with Gasteiger partial charge in [-0.2, -0.15) is 0 Å². The molecule has 0 aliphatic carbocycles. The number of phenols is 2. The summed E-state index contributed by atoms with van der Waals surface area (Å²) in [7, 11) is 0. The van der Waals surface area contributed by atoms with Gasteiger partial charge in [-0.05, 0) is 60.1 Å². The summed E-state index contributed by atoms with van der Waals surface area (Å²) in [5.41, 5.74) is 2.12. The SMILES string of the molecule is Cc1cc(C(=O)CCOCC(C)(C)C2OCC3(CO2)COC(C(C)(C)COCCC(=O)c2cc(C)c(O)c(C(C)(C)C)c2)OC3)cc(C(C)(C)C)c1O. The lowest BCUT2D eigenvalue weighted by molar-refractivity contribution is -0.338. The maximum absolute atomic E-state index is 13.0. The third kappa shape index (κ3) is 10.7. The van der Waals surface area contributed by atoms with Crippen molar-refractivity contribution >= 4 is 11.6 Å². The number of hydrogen-bond acceptors (Lipinski definition) is 10. The molecule has 2 fully saturated rings. The molecule has 1 spiro atoms. The van der Waals surface area contributed by atoms with Crippen LogP contribution in [0.1, 0.15) is 125 Å². The van der Waals surface area contributed by atoms with Gasteiger partial charge in [0.05, 0.1) is 58.3 Å². The Morgan fingerprint density at radius 3 is 1.25 bits per heavy atom. The summed E-state index contributed by atoms with van der Waals surface area (Å²) in [5, 5.41) is 21.0. The van der Waals surface area contributed by atoms with E-state index >= 15 is 0 Å². The summed E-state index contributed by atoms with van der Waals surface area (Å²) >= 11 is 0. The molecule has 2 heterocycles. The van der Waals surface area contributed by atoms with Gasteiger partial charge in [-0.25, -0.2) is 0 Å². The van der Waals surface area contributed by atoms with Gasteiger partial charge in [-0.1, -0.05) is 69.2 Å². The van der Waals surface area contributed by atoms with Crippen molar-refractivity contribution in [3.8, 4) is 11.5 Å². The summed E-state index contributed by atoms with van der Waals surface area (Å²) in [5.74, 6) is 0.417. The Morgan fingerprint density at radius 1 is 0.623 bits per heavy atom. The number of Topliss-reactive ketones (excluding diaryl/α,β-unsaturated/α-hetero) is 2. The molecular formula is C43H64O10. The zero-order chi connectivity index (χ0) is 39.6. The van der Waals surface area contributed by atoms with Crippen molar-refractivity contribution in [1.82, 2.24) is 0 Å². The predicted molar refractivity (Wildman–Crippen MR) is 204 cm³/mol. The highest BCUT2D eigenvalue weighted by molar-refractivity contribution is 5.97. The quantitative estimate of drug-likeness (QED) is 0.145. The standard InChI is InChI=1S/C43H64O10/c1-27-17-29(19-31(35(27)46)39(3,4)5)33(44)13-15-48-21-41(9,10)37-50-23-43(24-51-37)25-52-38(53-26-43)42(11,12)22-49-16-14-34(45)30-18-28(2)36(47)32(20-30)40(6,7)8/h17-20,37-38,46-47H,13-16,21-26H2,1-12H3. The molecule has 2 aromatic rings. The fraction of sp³-hybridized carbons (Fsp3) is 0.674. The van der Waals surface area contributed by atoms with Crippen molar-refractivity contribution in [2.45, 2.75) is 119 Å². The first-order valence-corrected chi connectivity index (χ1v) is 18.8. The van der Waals surface area contributed by atoms with E-state index in [-0.39, 0.29) is 60.0 Å². The average Bonchev–Trinajstić information content (AvgIpc) is 3.06. The zero-order valence-electron chi connectivity index (χ0n) is 34.2. The fourth-order valence-electron chi connectivity index (χ4n) is 6.71. The third-order valence-electron chi connectivity index (χ3n) is 10.2. The fourth-order valence-corrected chi connectivity index (χ4v) is 6.71. The molecule has 0 atom stereocenters. The van der Waals surface area contributed by atoms with Crippen molar-refractivity contribution in [1.29, 1.82) is 0 Å². The van der Waals surface area contributed by atoms with E-state index in [0.29, 0.717) is 61.9 Å². The summed E-state index contributed by atoms with van der Waals surface area (Å²) in [6.07, 6.45) is -0.526. The lowest BCUT2D eigenvalue weighted by atomic mass is 9.83.